The van der Waals surface area contributed by atoms with Crippen molar-refractivity contribution >= 4 is 29.5 Å². The summed E-state index contributed by atoms with van der Waals surface area (Å²) in [6.45, 7) is 6.41. The van der Waals surface area contributed by atoms with Gasteiger partial charge in [0.2, 0.25) is 0 Å². The Hall–Kier alpha value is -1.78. The number of β-amino-alcohol motifs (C(OH)–C–C–N with tert-alkyl or cyclic N) is 1. The lowest BCUT2D eigenvalue weighted by molar-refractivity contribution is -0.138. The van der Waals surface area contributed by atoms with E-state index in [-0.39, 0.29) is 30.0 Å². The Morgan fingerprint density at radius 1 is 1.39 bits per heavy atom. The van der Waals surface area contributed by atoms with Crippen LogP contribution in [-0.2, 0) is 16.0 Å². The van der Waals surface area contributed by atoms with Gasteiger partial charge in [-0.25, -0.2) is 4.39 Å². The number of rotatable bonds is 11. The van der Waals surface area contributed by atoms with Crippen molar-refractivity contribution in [2.75, 3.05) is 25.2 Å². The Bertz CT molecular complexity index is 1190. The van der Waals surface area contributed by atoms with Gasteiger partial charge in [-0.15, -0.1) is 23.5 Å². The second-order valence-electron chi connectivity index (χ2n) is 10.6. The number of fused-ring (bicyclic) bond motifs is 3. The Morgan fingerprint density at radius 2 is 2.17 bits per heavy atom. The molecule has 0 bridgehead atoms. The average molecular weight is 534 g/mol. The smallest absolute Gasteiger partial charge is 0.324 e. The largest absolute Gasteiger partial charge is 0.483 e. The molecule has 1 aliphatic carbocycles. The monoisotopic (exact) mass is 533 g/mol. The van der Waals surface area contributed by atoms with Crippen LogP contribution in [0.5, 0.6) is 5.75 Å². The molecule has 5 atom stereocenters. The highest BCUT2D eigenvalue weighted by molar-refractivity contribution is 8.03. The van der Waals surface area contributed by atoms with Gasteiger partial charge in [-0.2, -0.15) is 0 Å². The molecule has 3 aliphatic rings. The molecule has 3 N–H and O–H groups in total. The minimum Gasteiger partial charge on any atom is -0.483 e. The van der Waals surface area contributed by atoms with Gasteiger partial charge in [-0.3, -0.25) is 4.79 Å². The van der Waals surface area contributed by atoms with Crippen molar-refractivity contribution in [3.8, 4) is 5.75 Å². The van der Waals surface area contributed by atoms with Gasteiger partial charge < -0.3 is 25.0 Å². The lowest BCUT2D eigenvalue weighted by Gasteiger charge is -2.32. The van der Waals surface area contributed by atoms with Gasteiger partial charge >= 0.3 is 5.97 Å². The molecule has 1 saturated heterocycles. The predicted molar refractivity (Wildman–Crippen MR) is 140 cm³/mol. The lowest BCUT2D eigenvalue weighted by atomic mass is 9.94. The second-order valence-corrected chi connectivity index (χ2v) is 12.6. The number of aliphatic hydroxyl groups excluding tert-OH is 1. The first-order valence-electron chi connectivity index (χ1n) is 12.1. The third kappa shape index (κ3) is 4.04. The van der Waals surface area contributed by atoms with E-state index in [1.54, 1.807) is 12.1 Å². The van der Waals surface area contributed by atoms with Gasteiger partial charge in [0.05, 0.1) is 24.7 Å². The summed E-state index contributed by atoms with van der Waals surface area (Å²) in [5.41, 5.74) is 1.79. The fourth-order valence-electron chi connectivity index (χ4n) is 5.68. The summed E-state index contributed by atoms with van der Waals surface area (Å²) in [4.78, 5) is 12.6. The third-order valence-corrected chi connectivity index (χ3v) is 10.1. The number of hydrogen-bond donors (Lipinski definition) is 3. The maximum absolute atomic E-state index is 14.1. The number of thioether (sulfide) groups is 2. The lowest BCUT2D eigenvalue weighted by Crippen LogP contribution is -2.46. The fourth-order valence-corrected chi connectivity index (χ4v) is 7.81. The molecule has 5 rings (SSSR count). The number of carbonyl (C=O) groups is 1. The minimum atomic E-state index is -0.872. The van der Waals surface area contributed by atoms with E-state index < -0.39 is 22.4 Å². The minimum absolute atomic E-state index is 0.125. The van der Waals surface area contributed by atoms with E-state index in [4.69, 9.17) is 9.47 Å². The summed E-state index contributed by atoms with van der Waals surface area (Å²) in [5, 5.41) is 23.8. The van der Waals surface area contributed by atoms with Crippen molar-refractivity contribution in [2.45, 2.75) is 66.1 Å². The number of ether oxygens (including phenoxy) is 2. The topological polar surface area (TPSA) is 88.0 Å². The average Bonchev–Trinajstić information content (AvgIpc) is 3.05. The van der Waals surface area contributed by atoms with E-state index in [1.807, 2.05) is 51.3 Å². The van der Waals surface area contributed by atoms with Crippen LogP contribution in [0, 0.1) is 5.82 Å². The molecular formula is C27H32FNO5S2. The van der Waals surface area contributed by atoms with Crippen LogP contribution in [0.4, 0.5) is 4.39 Å². The molecule has 1 saturated carbocycles. The molecule has 2 aromatic rings. The molecule has 0 radical (unpaired) electrons. The van der Waals surface area contributed by atoms with Gasteiger partial charge in [0, 0.05) is 28.3 Å². The van der Waals surface area contributed by atoms with Crippen molar-refractivity contribution in [1.29, 1.82) is 0 Å². The summed E-state index contributed by atoms with van der Waals surface area (Å²) in [6, 6.07) is 11.1. The molecule has 194 valence electrons. The van der Waals surface area contributed by atoms with Crippen LogP contribution >= 0.6 is 23.5 Å². The van der Waals surface area contributed by atoms with Crippen molar-refractivity contribution in [1.82, 2.24) is 5.32 Å². The number of benzene rings is 2. The zero-order chi connectivity index (χ0) is 25.9. The van der Waals surface area contributed by atoms with Crippen molar-refractivity contribution < 1.29 is 28.9 Å². The first-order valence-corrected chi connectivity index (χ1v) is 14.3. The van der Waals surface area contributed by atoms with E-state index in [9.17, 15) is 19.4 Å². The van der Waals surface area contributed by atoms with Gasteiger partial charge in [0.25, 0.3) is 0 Å². The Morgan fingerprint density at radius 3 is 2.81 bits per heavy atom. The molecule has 9 heteroatoms. The molecule has 2 heterocycles. The third-order valence-electron chi connectivity index (χ3n) is 7.59. The van der Waals surface area contributed by atoms with E-state index in [0.29, 0.717) is 23.6 Å². The highest BCUT2D eigenvalue weighted by Crippen LogP contribution is 2.82. The molecule has 2 fully saturated rings. The van der Waals surface area contributed by atoms with E-state index in [0.717, 1.165) is 22.4 Å². The highest BCUT2D eigenvalue weighted by Gasteiger charge is 2.93. The van der Waals surface area contributed by atoms with Crippen LogP contribution in [-0.4, -0.2) is 63.3 Å². The quantitative estimate of drug-likeness (QED) is 0.367. The van der Waals surface area contributed by atoms with Crippen LogP contribution in [0.15, 0.2) is 41.3 Å². The van der Waals surface area contributed by atoms with E-state index in [2.05, 4.69) is 5.32 Å². The van der Waals surface area contributed by atoms with Gasteiger partial charge in [-0.05, 0) is 62.8 Å². The number of aliphatic hydroxyl groups is 1. The summed E-state index contributed by atoms with van der Waals surface area (Å²) in [6.07, 6.45) is 1.41. The fraction of sp³-hybridized carbons (Fsp3) is 0.519. The van der Waals surface area contributed by atoms with E-state index in [1.165, 1.54) is 23.5 Å². The first-order chi connectivity index (χ1) is 17.0. The number of hydrogen-bond acceptors (Lipinski definition) is 7. The van der Waals surface area contributed by atoms with Crippen LogP contribution in [0.3, 0.4) is 0 Å². The van der Waals surface area contributed by atoms with Crippen molar-refractivity contribution in [3.63, 3.8) is 0 Å². The van der Waals surface area contributed by atoms with Crippen LogP contribution in [0.2, 0.25) is 0 Å². The first kappa shape index (κ1) is 25.9. The number of nitrogens with one attached hydrogen (secondary N) is 1. The predicted octanol–water partition coefficient (Wildman–Crippen LogP) is 4.40. The SMILES string of the molecule is CSc1ccc(CC(C)(C)NCC(O)COC(C)c2cccc3c2C2C4(CSC24C(=O)O)O3)cc1F. The van der Waals surface area contributed by atoms with Crippen LogP contribution in [0.1, 0.15) is 49.5 Å². The molecule has 36 heavy (non-hydrogen) atoms. The zero-order valence-electron chi connectivity index (χ0n) is 20.8. The van der Waals surface area contributed by atoms with Gasteiger partial charge in [0.1, 0.15) is 11.6 Å². The Labute approximate surface area is 219 Å². The Kier molecular flexibility index (Phi) is 6.61. The maximum atomic E-state index is 14.1. The van der Waals surface area contributed by atoms with Gasteiger partial charge in [0.15, 0.2) is 10.3 Å². The molecule has 0 amide bonds. The van der Waals surface area contributed by atoms with Crippen LogP contribution < -0.4 is 10.1 Å². The molecule has 6 nitrogen and oxygen atoms in total. The van der Waals surface area contributed by atoms with E-state index >= 15 is 0 Å². The molecule has 1 spiro atoms. The molecule has 5 unspecified atom stereocenters. The summed E-state index contributed by atoms with van der Waals surface area (Å²) in [7, 11) is 0. The number of carboxylic acids is 1. The van der Waals surface area contributed by atoms with Crippen LogP contribution in [0.25, 0.3) is 0 Å². The zero-order valence-corrected chi connectivity index (χ0v) is 22.5. The number of carboxylic acid groups (broad SMARTS) is 1. The molecule has 0 aromatic heterocycles. The molecular weight excluding hydrogens is 501 g/mol. The summed E-state index contributed by atoms with van der Waals surface area (Å²) >= 11 is 2.83. The highest BCUT2D eigenvalue weighted by atomic mass is 32.2. The van der Waals surface area contributed by atoms with Gasteiger partial charge in [-0.1, -0.05) is 18.2 Å². The summed E-state index contributed by atoms with van der Waals surface area (Å²) in [5.74, 6) is 0.240. The Balaban J connectivity index is 1.16. The summed E-state index contributed by atoms with van der Waals surface area (Å²) < 4.78 is 25.5. The van der Waals surface area contributed by atoms with Crippen molar-refractivity contribution in [2.24, 2.45) is 0 Å². The molecule has 2 aromatic carbocycles. The standard InChI is InChI=1S/C27H32FNO5S2/c1-15(18-6-5-7-20-22(18)23-26(34-20)14-36-27(23,26)24(31)32)33-13-17(30)12-29-25(2,3)11-16-8-9-21(35-4)19(28)10-16/h5-10,15,17,23,29-30H,11-14H2,1-4H3,(H,31,32). The maximum Gasteiger partial charge on any atom is 0.324 e. The number of halogens is 1. The normalized spacial score (nSPS) is 27.2. The number of aliphatic carboxylic acids is 1. The molecule has 2 aliphatic heterocycles. The van der Waals surface area contributed by atoms with Crippen molar-refractivity contribution in [3.05, 3.63) is 58.9 Å². The second kappa shape index (κ2) is 9.20.